The number of aliphatic hydroxyl groups excluding tert-OH is 1. The quantitative estimate of drug-likeness (QED) is 0.678. The number of fused-ring (bicyclic) bond motifs is 1. The number of hydrogen-bond acceptors (Lipinski definition) is 4. The molecule has 3 rings (SSSR count). The SMILES string of the molecule is CC(NCCOc1ccc2c(c1)CCC(=O)N2)c1cccc(CO)c1. The van der Waals surface area contributed by atoms with Gasteiger partial charge >= 0.3 is 0 Å². The molecule has 1 amide bonds. The molecule has 0 saturated heterocycles. The molecular weight excluding hydrogens is 316 g/mol. The first-order valence-electron chi connectivity index (χ1n) is 8.64. The highest BCUT2D eigenvalue weighted by molar-refractivity contribution is 5.93. The van der Waals surface area contributed by atoms with Crippen molar-refractivity contribution in [2.75, 3.05) is 18.5 Å². The molecule has 2 aromatic rings. The summed E-state index contributed by atoms with van der Waals surface area (Å²) in [6.07, 6.45) is 1.29. The molecule has 0 saturated carbocycles. The predicted octanol–water partition coefficient (Wildman–Crippen LogP) is 2.79. The smallest absolute Gasteiger partial charge is 0.224 e. The molecule has 25 heavy (non-hydrogen) atoms. The van der Waals surface area contributed by atoms with Gasteiger partial charge in [-0.25, -0.2) is 0 Å². The molecule has 0 aliphatic carbocycles. The molecule has 5 nitrogen and oxygen atoms in total. The fraction of sp³-hybridized carbons (Fsp3) is 0.350. The van der Waals surface area contributed by atoms with Crippen molar-refractivity contribution in [2.45, 2.75) is 32.4 Å². The molecule has 3 N–H and O–H groups in total. The van der Waals surface area contributed by atoms with E-state index in [1.165, 1.54) is 0 Å². The van der Waals surface area contributed by atoms with Gasteiger partial charge in [-0.15, -0.1) is 0 Å². The Morgan fingerprint density at radius 2 is 2.12 bits per heavy atom. The summed E-state index contributed by atoms with van der Waals surface area (Å²) < 4.78 is 5.81. The van der Waals surface area contributed by atoms with E-state index in [1.54, 1.807) is 0 Å². The summed E-state index contributed by atoms with van der Waals surface area (Å²) >= 11 is 0. The maximum Gasteiger partial charge on any atom is 0.224 e. The number of ether oxygens (including phenoxy) is 1. The van der Waals surface area contributed by atoms with Crippen LogP contribution in [0.5, 0.6) is 5.75 Å². The molecule has 1 unspecified atom stereocenters. The fourth-order valence-corrected chi connectivity index (χ4v) is 2.97. The van der Waals surface area contributed by atoms with Crippen LogP contribution in [-0.2, 0) is 17.8 Å². The first-order valence-corrected chi connectivity index (χ1v) is 8.64. The molecule has 1 aliphatic rings. The Morgan fingerprint density at radius 1 is 1.24 bits per heavy atom. The standard InChI is InChI=1S/C20H24N2O3/c1-14(16-4-2-3-15(11-16)13-23)21-9-10-25-18-6-7-19-17(12-18)5-8-20(24)22-19/h2-4,6-7,11-12,14,21,23H,5,8-10,13H2,1H3,(H,22,24). The van der Waals surface area contributed by atoms with Crippen molar-refractivity contribution in [3.63, 3.8) is 0 Å². The zero-order valence-electron chi connectivity index (χ0n) is 14.4. The van der Waals surface area contributed by atoms with Crippen molar-refractivity contribution in [2.24, 2.45) is 0 Å². The highest BCUT2D eigenvalue weighted by Crippen LogP contribution is 2.26. The van der Waals surface area contributed by atoms with Gasteiger partial charge in [0.05, 0.1) is 6.61 Å². The first kappa shape index (κ1) is 17.5. The third-order valence-corrected chi connectivity index (χ3v) is 4.43. The van der Waals surface area contributed by atoms with Gasteiger partial charge < -0.3 is 20.5 Å². The Labute approximate surface area is 148 Å². The molecule has 132 valence electrons. The van der Waals surface area contributed by atoms with Crippen LogP contribution in [0.25, 0.3) is 0 Å². The largest absolute Gasteiger partial charge is 0.492 e. The van der Waals surface area contributed by atoms with Crippen LogP contribution in [0.15, 0.2) is 42.5 Å². The van der Waals surface area contributed by atoms with E-state index in [9.17, 15) is 9.90 Å². The van der Waals surface area contributed by atoms with Gasteiger partial charge in [-0.1, -0.05) is 24.3 Å². The number of rotatable bonds is 7. The minimum atomic E-state index is 0.0580. The van der Waals surface area contributed by atoms with E-state index in [0.29, 0.717) is 13.0 Å². The van der Waals surface area contributed by atoms with E-state index in [0.717, 1.165) is 41.1 Å². The van der Waals surface area contributed by atoms with Gasteiger partial charge in [-0.2, -0.15) is 0 Å². The van der Waals surface area contributed by atoms with Crippen molar-refractivity contribution in [1.82, 2.24) is 5.32 Å². The third kappa shape index (κ3) is 4.59. The third-order valence-electron chi connectivity index (χ3n) is 4.43. The Morgan fingerprint density at radius 3 is 2.96 bits per heavy atom. The fourth-order valence-electron chi connectivity index (χ4n) is 2.97. The van der Waals surface area contributed by atoms with Gasteiger partial charge in [-0.05, 0) is 48.2 Å². The molecule has 0 spiro atoms. The zero-order valence-corrected chi connectivity index (χ0v) is 14.4. The number of carbonyl (C=O) groups excluding carboxylic acids is 1. The van der Waals surface area contributed by atoms with Crippen LogP contribution in [-0.4, -0.2) is 24.2 Å². The second kappa shape index (κ2) is 8.14. The van der Waals surface area contributed by atoms with Crippen molar-refractivity contribution in [1.29, 1.82) is 0 Å². The highest BCUT2D eigenvalue weighted by atomic mass is 16.5. The van der Waals surface area contributed by atoms with Crippen LogP contribution in [0, 0.1) is 0 Å². The molecule has 0 radical (unpaired) electrons. The maximum absolute atomic E-state index is 11.4. The summed E-state index contributed by atoms with van der Waals surface area (Å²) in [4.78, 5) is 11.4. The Balaban J connectivity index is 1.47. The lowest BCUT2D eigenvalue weighted by molar-refractivity contribution is -0.116. The van der Waals surface area contributed by atoms with Gasteiger partial charge in [0.15, 0.2) is 0 Å². The molecule has 2 aromatic carbocycles. The molecule has 5 heteroatoms. The topological polar surface area (TPSA) is 70.6 Å². The lowest BCUT2D eigenvalue weighted by Gasteiger charge is -2.18. The lowest BCUT2D eigenvalue weighted by Crippen LogP contribution is -2.24. The van der Waals surface area contributed by atoms with Crippen LogP contribution in [0.4, 0.5) is 5.69 Å². The summed E-state index contributed by atoms with van der Waals surface area (Å²) in [5.41, 5.74) is 4.08. The highest BCUT2D eigenvalue weighted by Gasteiger charge is 2.15. The van der Waals surface area contributed by atoms with Crippen LogP contribution >= 0.6 is 0 Å². The normalized spacial score (nSPS) is 14.6. The van der Waals surface area contributed by atoms with E-state index in [-0.39, 0.29) is 18.6 Å². The molecule has 1 atom stereocenters. The second-order valence-corrected chi connectivity index (χ2v) is 6.29. The number of anilines is 1. The molecule has 0 bridgehead atoms. The number of carbonyl (C=O) groups is 1. The van der Waals surface area contributed by atoms with Crippen molar-refractivity contribution in [3.05, 3.63) is 59.2 Å². The predicted molar refractivity (Wildman–Crippen MR) is 97.7 cm³/mol. The molecule has 0 fully saturated rings. The Bertz CT molecular complexity index is 745. The number of amides is 1. The summed E-state index contributed by atoms with van der Waals surface area (Å²) in [7, 11) is 0. The van der Waals surface area contributed by atoms with Crippen LogP contribution in [0.1, 0.15) is 36.1 Å². The monoisotopic (exact) mass is 340 g/mol. The Kier molecular flexibility index (Phi) is 5.68. The zero-order chi connectivity index (χ0) is 17.6. The molecule has 0 aromatic heterocycles. The van der Waals surface area contributed by atoms with Crippen LogP contribution in [0.3, 0.4) is 0 Å². The summed E-state index contributed by atoms with van der Waals surface area (Å²) in [6, 6.07) is 13.9. The van der Waals surface area contributed by atoms with Crippen molar-refractivity contribution >= 4 is 11.6 Å². The average Bonchev–Trinajstić information content (AvgIpc) is 2.65. The Hall–Kier alpha value is -2.37. The van der Waals surface area contributed by atoms with E-state index < -0.39 is 0 Å². The van der Waals surface area contributed by atoms with Gasteiger partial charge in [-0.3, -0.25) is 4.79 Å². The second-order valence-electron chi connectivity index (χ2n) is 6.29. The number of aliphatic hydroxyl groups is 1. The average molecular weight is 340 g/mol. The number of nitrogens with one attached hydrogen (secondary N) is 2. The van der Waals surface area contributed by atoms with Crippen LogP contribution in [0.2, 0.25) is 0 Å². The van der Waals surface area contributed by atoms with E-state index in [1.807, 2.05) is 36.4 Å². The minimum Gasteiger partial charge on any atom is -0.492 e. The lowest BCUT2D eigenvalue weighted by atomic mass is 10.0. The van der Waals surface area contributed by atoms with Crippen LogP contribution < -0.4 is 15.4 Å². The van der Waals surface area contributed by atoms with E-state index >= 15 is 0 Å². The molecular formula is C20H24N2O3. The first-order chi connectivity index (χ1) is 12.2. The van der Waals surface area contributed by atoms with Gasteiger partial charge in [0.25, 0.3) is 0 Å². The number of hydrogen-bond donors (Lipinski definition) is 3. The molecule has 1 aliphatic heterocycles. The van der Waals surface area contributed by atoms with Crippen molar-refractivity contribution in [3.8, 4) is 5.75 Å². The van der Waals surface area contributed by atoms with Gasteiger partial charge in [0, 0.05) is 24.7 Å². The van der Waals surface area contributed by atoms with Crippen molar-refractivity contribution < 1.29 is 14.6 Å². The number of benzene rings is 2. The molecule has 1 heterocycles. The van der Waals surface area contributed by atoms with Gasteiger partial charge in [0.2, 0.25) is 5.91 Å². The summed E-state index contributed by atoms with van der Waals surface area (Å²) in [5.74, 6) is 0.899. The number of aryl methyl sites for hydroxylation is 1. The van der Waals surface area contributed by atoms with E-state index in [4.69, 9.17) is 4.74 Å². The summed E-state index contributed by atoms with van der Waals surface area (Å²) in [5, 5.41) is 15.5. The van der Waals surface area contributed by atoms with E-state index in [2.05, 4.69) is 23.6 Å². The maximum atomic E-state index is 11.4. The summed E-state index contributed by atoms with van der Waals surface area (Å²) in [6.45, 7) is 3.44. The van der Waals surface area contributed by atoms with Gasteiger partial charge in [0.1, 0.15) is 12.4 Å². The minimum absolute atomic E-state index is 0.0580.